The first-order valence-corrected chi connectivity index (χ1v) is 5.49. The third-order valence-corrected chi connectivity index (χ3v) is 3.36. The summed E-state index contributed by atoms with van der Waals surface area (Å²) in [6.07, 6.45) is 2.74. The molecule has 0 atom stereocenters. The van der Waals surface area contributed by atoms with Crippen molar-refractivity contribution >= 4 is 0 Å². The van der Waals surface area contributed by atoms with Crippen molar-refractivity contribution < 1.29 is 0 Å². The molecule has 84 valence electrons. The van der Waals surface area contributed by atoms with Crippen LogP contribution in [0.4, 0.5) is 0 Å². The topological polar surface area (TPSA) is 53.5 Å². The fourth-order valence-corrected chi connectivity index (χ4v) is 2.41. The van der Waals surface area contributed by atoms with Crippen molar-refractivity contribution in [1.29, 1.82) is 0 Å². The number of piperidine rings is 1. The first-order valence-electron chi connectivity index (χ1n) is 5.49. The van der Waals surface area contributed by atoms with Gasteiger partial charge in [-0.25, -0.2) is 0 Å². The summed E-state index contributed by atoms with van der Waals surface area (Å²) in [5.41, 5.74) is 0. The van der Waals surface area contributed by atoms with Gasteiger partial charge in [-0.05, 0) is 33.0 Å². The molecular weight excluding hydrogens is 176 g/mol. The Morgan fingerprint density at radius 1 is 1.00 bits per heavy atom. The van der Waals surface area contributed by atoms with Crippen molar-refractivity contribution in [3.8, 4) is 0 Å². The van der Waals surface area contributed by atoms with Gasteiger partial charge in [0.05, 0.1) is 0 Å². The number of likely N-dealkylation sites (tertiary alicyclic amines) is 1. The number of nitrogens with one attached hydrogen (secondary N) is 1. The normalized spacial score (nSPS) is 27.2. The molecule has 0 aliphatic carbocycles. The van der Waals surface area contributed by atoms with Gasteiger partial charge in [-0.2, -0.15) is 0 Å². The molecule has 0 spiro atoms. The SMILES string of the molecule is CN1CCC(N2CCNCC2)CC1.N. The van der Waals surface area contributed by atoms with Gasteiger partial charge in [0, 0.05) is 32.2 Å². The van der Waals surface area contributed by atoms with Crippen LogP contribution in [0.2, 0.25) is 0 Å². The van der Waals surface area contributed by atoms with Gasteiger partial charge in [-0.3, -0.25) is 4.90 Å². The fraction of sp³-hybridized carbons (Fsp3) is 1.00. The molecule has 0 aromatic carbocycles. The van der Waals surface area contributed by atoms with Gasteiger partial charge in [0.2, 0.25) is 0 Å². The fourth-order valence-electron chi connectivity index (χ4n) is 2.41. The maximum absolute atomic E-state index is 3.41. The van der Waals surface area contributed by atoms with Gasteiger partial charge < -0.3 is 16.4 Å². The Morgan fingerprint density at radius 3 is 2.14 bits per heavy atom. The predicted octanol–water partition coefficient (Wildman–Crippen LogP) is 0.148. The summed E-state index contributed by atoms with van der Waals surface area (Å²) in [6.45, 7) is 7.46. The van der Waals surface area contributed by atoms with Crippen LogP contribution < -0.4 is 11.5 Å². The average molecular weight is 200 g/mol. The maximum Gasteiger partial charge on any atom is 0.0121 e. The Labute approximate surface area is 87.2 Å². The van der Waals surface area contributed by atoms with Crippen LogP contribution in [0.5, 0.6) is 0 Å². The van der Waals surface area contributed by atoms with Crippen LogP contribution in [0.3, 0.4) is 0 Å². The zero-order chi connectivity index (χ0) is 9.10. The van der Waals surface area contributed by atoms with Crippen molar-refractivity contribution in [1.82, 2.24) is 21.3 Å². The molecule has 0 saturated carbocycles. The lowest BCUT2D eigenvalue weighted by Gasteiger charge is -2.39. The summed E-state index contributed by atoms with van der Waals surface area (Å²) in [5.74, 6) is 0. The van der Waals surface area contributed by atoms with E-state index in [1.807, 2.05) is 0 Å². The summed E-state index contributed by atoms with van der Waals surface area (Å²) in [4.78, 5) is 5.11. The second kappa shape index (κ2) is 5.66. The van der Waals surface area contributed by atoms with Crippen LogP contribution in [0, 0.1) is 0 Å². The predicted molar refractivity (Wildman–Crippen MR) is 60.0 cm³/mol. The summed E-state index contributed by atoms with van der Waals surface area (Å²) in [6, 6.07) is 0.873. The van der Waals surface area contributed by atoms with E-state index in [1.54, 1.807) is 0 Å². The molecule has 2 saturated heterocycles. The molecule has 0 aromatic heterocycles. The largest absolute Gasteiger partial charge is 0.344 e. The molecule has 2 aliphatic heterocycles. The zero-order valence-electron chi connectivity index (χ0n) is 9.34. The first kappa shape index (κ1) is 11.9. The quantitative estimate of drug-likeness (QED) is 0.632. The highest BCUT2D eigenvalue weighted by Gasteiger charge is 2.23. The standard InChI is InChI=1S/C10H21N3.H3N/c1-12-6-2-10(3-7-12)13-8-4-11-5-9-13;/h10-11H,2-9H2,1H3;1H3. The van der Waals surface area contributed by atoms with Gasteiger partial charge >= 0.3 is 0 Å². The summed E-state index contributed by atoms with van der Waals surface area (Å²) >= 11 is 0. The van der Waals surface area contributed by atoms with Gasteiger partial charge in [-0.15, -0.1) is 0 Å². The molecule has 0 radical (unpaired) electrons. The van der Waals surface area contributed by atoms with Gasteiger partial charge in [0.15, 0.2) is 0 Å². The van der Waals surface area contributed by atoms with Crippen LogP contribution in [-0.2, 0) is 0 Å². The lowest BCUT2D eigenvalue weighted by Crippen LogP contribution is -2.51. The minimum atomic E-state index is 0. The second-order valence-corrected chi connectivity index (χ2v) is 4.32. The summed E-state index contributed by atoms with van der Waals surface area (Å²) in [5, 5.41) is 3.41. The van der Waals surface area contributed by atoms with Gasteiger partial charge in [0.1, 0.15) is 0 Å². The van der Waals surface area contributed by atoms with E-state index in [4.69, 9.17) is 0 Å². The molecule has 2 heterocycles. The highest BCUT2D eigenvalue weighted by atomic mass is 15.2. The van der Waals surface area contributed by atoms with E-state index in [0.29, 0.717) is 0 Å². The minimum Gasteiger partial charge on any atom is -0.344 e. The zero-order valence-corrected chi connectivity index (χ0v) is 9.34. The van der Waals surface area contributed by atoms with Gasteiger partial charge in [-0.1, -0.05) is 0 Å². The molecule has 4 N–H and O–H groups in total. The lowest BCUT2D eigenvalue weighted by molar-refractivity contribution is 0.109. The molecule has 4 nitrogen and oxygen atoms in total. The van der Waals surface area contributed by atoms with Crippen LogP contribution in [0.15, 0.2) is 0 Å². The van der Waals surface area contributed by atoms with E-state index >= 15 is 0 Å². The Hall–Kier alpha value is -0.160. The van der Waals surface area contributed by atoms with Gasteiger partial charge in [0.25, 0.3) is 0 Å². The summed E-state index contributed by atoms with van der Waals surface area (Å²) < 4.78 is 0. The maximum atomic E-state index is 3.41. The monoisotopic (exact) mass is 200 g/mol. The van der Waals surface area contributed by atoms with Crippen LogP contribution >= 0.6 is 0 Å². The van der Waals surface area contributed by atoms with E-state index in [2.05, 4.69) is 22.2 Å². The van der Waals surface area contributed by atoms with Crippen molar-refractivity contribution in [3.05, 3.63) is 0 Å². The Morgan fingerprint density at radius 2 is 1.57 bits per heavy atom. The molecular formula is C10H24N4. The minimum absolute atomic E-state index is 0. The first-order chi connectivity index (χ1) is 6.36. The lowest BCUT2D eigenvalue weighted by atomic mass is 10.0. The van der Waals surface area contributed by atoms with Crippen molar-refractivity contribution in [2.24, 2.45) is 0 Å². The molecule has 2 rings (SSSR count). The molecule has 2 fully saturated rings. The number of hydrogen-bond acceptors (Lipinski definition) is 4. The molecule has 0 unspecified atom stereocenters. The van der Waals surface area contributed by atoms with Crippen molar-refractivity contribution in [2.45, 2.75) is 18.9 Å². The number of nitrogens with zero attached hydrogens (tertiary/aromatic N) is 2. The molecule has 0 aromatic rings. The molecule has 14 heavy (non-hydrogen) atoms. The van der Waals surface area contributed by atoms with Crippen LogP contribution in [0.1, 0.15) is 12.8 Å². The van der Waals surface area contributed by atoms with E-state index in [9.17, 15) is 0 Å². The van der Waals surface area contributed by atoms with E-state index in [0.717, 1.165) is 6.04 Å². The summed E-state index contributed by atoms with van der Waals surface area (Å²) in [7, 11) is 2.23. The number of hydrogen-bond donors (Lipinski definition) is 2. The van der Waals surface area contributed by atoms with Crippen molar-refractivity contribution in [2.75, 3.05) is 46.3 Å². The molecule has 0 bridgehead atoms. The average Bonchev–Trinajstić information content (AvgIpc) is 2.20. The Balaban J connectivity index is 0.000000980. The van der Waals surface area contributed by atoms with Crippen LogP contribution in [0.25, 0.3) is 0 Å². The molecule has 2 aliphatic rings. The highest BCUT2D eigenvalue weighted by molar-refractivity contribution is 4.81. The van der Waals surface area contributed by atoms with Crippen LogP contribution in [-0.4, -0.2) is 62.2 Å². The smallest absolute Gasteiger partial charge is 0.0121 e. The highest BCUT2D eigenvalue weighted by Crippen LogP contribution is 2.15. The molecule has 0 amide bonds. The third-order valence-electron chi connectivity index (χ3n) is 3.36. The van der Waals surface area contributed by atoms with Crippen molar-refractivity contribution in [3.63, 3.8) is 0 Å². The Kier molecular flexibility index (Phi) is 4.81. The second-order valence-electron chi connectivity index (χ2n) is 4.32. The number of piperazine rings is 1. The third kappa shape index (κ3) is 2.92. The molecule has 4 heteroatoms. The van der Waals surface area contributed by atoms with E-state index in [1.165, 1.54) is 52.1 Å². The van der Waals surface area contributed by atoms with E-state index < -0.39 is 0 Å². The Bertz CT molecular complexity index is 148. The number of rotatable bonds is 1. The van der Waals surface area contributed by atoms with E-state index in [-0.39, 0.29) is 6.15 Å².